The third kappa shape index (κ3) is 2.11. The van der Waals surface area contributed by atoms with Crippen LogP contribution in [0.5, 0.6) is 0 Å². The number of hydrogen-bond donors (Lipinski definition) is 2. The van der Waals surface area contributed by atoms with Crippen LogP contribution in [0.25, 0.3) is 10.9 Å². The lowest BCUT2D eigenvalue weighted by Gasteiger charge is -2.18. The number of aromatic carboxylic acids is 1. The van der Waals surface area contributed by atoms with Gasteiger partial charge >= 0.3 is 5.97 Å². The molecule has 2 aromatic rings. The SMILES string of the molecule is CC(C)(Cl)c1cccc2[nH]c(=O)c(C(=O)O)cc12. The van der Waals surface area contributed by atoms with E-state index in [-0.39, 0.29) is 5.56 Å². The summed E-state index contributed by atoms with van der Waals surface area (Å²) in [5.74, 6) is -1.25. The van der Waals surface area contributed by atoms with Gasteiger partial charge in [-0.05, 0) is 31.5 Å². The fraction of sp³-hybridized carbons (Fsp3) is 0.231. The van der Waals surface area contributed by atoms with Crippen LogP contribution in [-0.4, -0.2) is 16.1 Å². The lowest BCUT2D eigenvalue weighted by atomic mass is 9.96. The van der Waals surface area contributed by atoms with Gasteiger partial charge in [0.1, 0.15) is 5.56 Å². The molecule has 4 nitrogen and oxygen atoms in total. The van der Waals surface area contributed by atoms with Crippen LogP contribution in [0, 0.1) is 0 Å². The van der Waals surface area contributed by atoms with E-state index in [2.05, 4.69) is 4.98 Å². The highest BCUT2D eigenvalue weighted by Gasteiger charge is 2.21. The first-order valence-corrected chi connectivity index (χ1v) is 5.77. The van der Waals surface area contributed by atoms with Gasteiger partial charge in [-0.3, -0.25) is 4.79 Å². The maximum atomic E-state index is 11.6. The van der Waals surface area contributed by atoms with Gasteiger partial charge in [0.25, 0.3) is 5.56 Å². The topological polar surface area (TPSA) is 70.2 Å². The summed E-state index contributed by atoms with van der Waals surface area (Å²) in [6, 6.07) is 6.68. The molecule has 1 aromatic carbocycles. The molecular weight excluding hydrogens is 254 g/mol. The molecule has 1 heterocycles. The van der Waals surface area contributed by atoms with Crippen molar-refractivity contribution in [3.63, 3.8) is 0 Å². The number of hydrogen-bond acceptors (Lipinski definition) is 2. The molecule has 0 radical (unpaired) electrons. The minimum atomic E-state index is -1.25. The van der Waals surface area contributed by atoms with Crippen LogP contribution in [0.3, 0.4) is 0 Å². The summed E-state index contributed by atoms with van der Waals surface area (Å²) in [7, 11) is 0. The van der Waals surface area contributed by atoms with Gasteiger partial charge in [-0.2, -0.15) is 0 Å². The number of fused-ring (bicyclic) bond motifs is 1. The number of benzene rings is 1. The summed E-state index contributed by atoms with van der Waals surface area (Å²) in [5.41, 5.74) is 0.465. The molecular formula is C13H12ClNO3. The second-order valence-corrected chi connectivity index (χ2v) is 5.50. The van der Waals surface area contributed by atoms with E-state index in [4.69, 9.17) is 16.7 Å². The molecule has 2 rings (SSSR count). The van der Waals surface area contributed by atoms with E-state index in [1.807, 2.05) is 19.9 Å². The van der Waals surface area contributed by atoms with Crippen molar-refractivity contribution < 1.29 is 9.90 Å². The fourth-order valence-corrected chi connectivity index (χ4v) is 2.07. The summed E-state index contributed by atoms with van der Waals surface area (Å²) < 4.78 is 0. The van der Waals surface area contributed by atoms with Crippen LogP contribution < -0.4 is 5.56 Å². The van der Waals surface area contributed by atoms with Crippen molar-refractivity contribution >= 4 is 28.5 Å². The van der Waals surface area contributed by atoms with Crippen molar-refractivity contribution in [2.75, 3.05) is 0 Å². The summed E-state index contributed by atoms with van der Waals surface area (Å²) in [6.07, 6.45) is 0. The summed E-state index contributed by atoms with van der Waals surface area (Å²) in [4.78, 5) is 24.5. The Hall–Kier alpha value is -1.81. The highest BCUT2D eigenvalue weighted by molar-refractivity contribution is 6.24. The van der Waals surface area contributed by atoms with Crippen molar-refractivity contribution in [3.05, 3.63) is 45.7 Å². The van der Waals surface area contributed by atoms with Crippen molar-refractivity contribution in [1.29, 1.82) is 0 Å². The van der Waals surface area contributed by atoms with E-state index >= 15 is 0 Å². The van der Waals surface area contributed by atoms with Gasteiger partial charge in [0, 0.05) is 10.9 Å². The van der Waals surface area contributed by atoms with Gasteiger partial charge < -0.3 is 10.1 Å². The lowest BCUT2D eigenvalue weighted by molar-refractivity contribution is 0.0695. The maximum Gasteiger partial charge on any atom is 0.341 e. The molecule has 0 amide bonds. The Morgan fingerprint density at radius 1 is 1.39 bits per heavy atom. The Morgan fingerprint density at radius 2 is 2.06 bits per heavy atom. The Bertz CT molecular complexity index is 683. The van der Waals surface area contributed by atoms with Gasteiger partial charge in [-0.15, -0.1) is 11.6 Å². The molecule has 0 aliphatic rings. The predicted octanol–water partition coefficient (Wildman–Crippen LogP) is 2.70. The molecule has 2 N–H and O–H groups in total. The molecule has 1 aromatic heterocycles. The summed E-state index contributed by atoms with van der Waals surface area (Å²) >= 11 is 6.27. The van der Waals surface area contributed by atoms with Crippen molar-refractivity contribution in [3.8, 4) is 0 Å². The lowest BCUT2D eigenvalue weighted by Crippen LogP contribution is -2.18. The van der Waals surface area contributed by atoms with Gasteiger partial charge in [0.05, 0.1) is 4.87 Å². The molecule has 0 saturated carbocycles. The molecule has 5 heteroatoms. The standard InChI is InChI=1S/C13H12ClNO3/c1-13(2,14)9-4-3-5-10-7(9)6-8(12(17)18)11(16)15-10/h3-6H,1-2H3,(H,15,16)(H,17,18). The van der Waals surface area contributed by atoms with E-state index in [1.165, 1.54) is 6.07 Å². The quantitative estimate of drug-likeness (QED) is 0.820. The molecule has 0 fully saturated rings. The second kappa shape index (κ2) is 4.14. The Balaban J connectivity index is 2.88. The monoisotopic (exact) mass is 265 g/mol. The average molecular weight is 266 g/mol. The Kier molecular flexibility index (Phi) is 2.91. The highest BCUT2D eigenvalue weighted by Crippen LogP contribution is 2.32. The number of nitrogens with one attached hydrogen (secondary N) is 1. The number of aromatic nitrogens is 1. The summed E-state index contributed by atoms with van der Waals surface area (Å²) in [6.45, 7) is 3.63. The molecule has 0 saturated heterocycles. The number of carbonyl (C=O) groups is 1. The second-order valence-electron chi connectivity index (χ2n) is 4.56. The smallest absolute Gasteiger partial charge is 0.341 e. The van der Waals surface area contributed by atoms with Crippen molar-refractivity contribution in [2.45, 2.75) is 18.7 Å². The third-order valence-corrected chi connectivity index (χ3v) is 2.96. The van der Waals surface area contributed by atoms with Crippen LogP contribution in [0.1, 0.15) is 29.8 Å². The third-order valence-electron chi connectivity index (χ3n) is 2.76. The Labute approximate surface area is 108 Å². The number of H-pyrrole nitrogens is 1. The molecule has 0 unspecified atom stereocenters. The number of carboxylic acid groups (broad SMARTS) is 1. The van der Waals surface area contributed by atoms with Crippen LogP contribution in [0.2, 0.25) is 0 Å². The van der Waals surface area contributed by atoms with E-state index < -0.39 is 16.4 Å². The maximum absolute atomic E-state index is 11.6. The average Bonchev–Trinajstić information content (AvgIpc) is 2.25. The number of aromatic amines is 1. The molecule has 0 atom stereocenters. The van der Waals surface area contributed by atoms with E-state index in [0.717, 1.165) is 5.56 Å². The zero-order valence-electron chi connectivity index (χ0n) is 9.95. The molecule has 0 spiro atoms. The number of rotatable bonds is 2. The normalized spacial score (nSPS) is 11.7. The zero-order valence-corrected chi connectivity index (χ0v) is 10.7. The molecule has 18 heavy (non-hydrogen) atoms. The van der Waals surface area contributed by atoms with Crippen molar-refractivity contribution in [1.82, 2.24) is 4.98 Å². The first-order valence-electron chi connectivity index (χ1n) is 5.39. The Morgan fingerprint density at radius 3 is 2.61 bits per heavy atom. The van der Waals surface area contributed by atoms with Gasteiger partial charge in [0.15, 0.2) is 0 Å². The number of halogens is 1. The fourth-order valence-electron chi connectivity index (χ4n) is 1.91. The predicted molar refractivity (Wildman–Crippen MR) is 70.4 cm³/mol. The van der Waals surface area contributed by atoms with E-state index in [1.54, 1.807) is 12.1 Å². The largest absolute Gasteiger partial charge is 0.477 e. The van der Waals surface area contributed by atoms with Crippen molar-refractivity contribution in [2.24, 2.45) is 0 Å². The molecule has 0 aliphatic heterocycles. The van der Waals surface area contributed by atoms with Gasteiger partial charge in [-0.1, -0.05) is 12.1 Å². The zero-order chi connectivity index (χ0) is 13.5. The molecule has 94 valence electrons. The first kappa shape index (κ1) is 12.6. The van der Waals surface area contributed by atoms with Crippen LogP contribution in [0.15, 0.2) is 29.1 Å². The van der Waals surface area contributed by atoms with Crippen LogP contribution in [0.4, 0.5) is 0 Å². The van der Waals surface area contributed by atoms with Crippen LogP contribution >= 0.6 is 11.6 Å². The highest BCUT2D eigenvalue weighted by atomic mass is 35.5. The van der Waals surface area contributed by atoms with Gasteiger partial charge in [0.2, 0.25) is 0 Å². The minimum Gasteiger partial charge on any atom is -0.477 e. The van der Waals surface area contributed by atoms with E-state index in [9.17, 15) is 9.59 Å². The van der Waals surface area contributed by atoms with E-state index in [0.29, 0.717) is 10.9 Å². The number of alkyl halides is 1. The van der Waals surface area contributed by atoms with Crippen LogP contribution in [-0.2, 0) is 4.87 Å². The number of pyridine rings is 1. The molecule has 0 bridgehead atoms. The van der Waals surface area contributed by atoms with Gasteiger partial charge in [-0.25, -0.2) is 4.79 Å². The molecule has 0 aliphatic carbocycles. The number of carboxylic acids is 1. The first-order chi connectivity index (χ1) is 8.30. The minimum absolute atomic E-state index is 0.282. The summed E-state index contributed by atoms with van der Waals surface area (Å²) in [5, 5.41) is 9.61.